The van der Waals surface area contributed by atoms with Crippen LogP contribution in [0.4, 0.5) is 17.6 Å². The molecule has 2 N–H and O–H groups in total. The number of halogens is 4. The third kappa shape index (κ3) is 5.49. The van der Waals surface area contributed by atoms with Crippen molar-refractivity contribution in [3.63, 3.8) is 0 Å². The standard InChI is InChI=1S/C20H16F4N4O2/c21-15-6-2-4-13(10-15)18-26-19(30)16(27-28-18)7-8-17(29)25-11-12-3-1-5-14(9-12)20(22,23)24/h1-6,9-10H,7-8,11H2,(H,25,29)(H,26,28,30). The van der Waals surface area contributed by atoms with Gasteiger partial charge in [-0.2, -0.15) is 13.2 Å². The third-order valence-corrected chi connectivity index (χ3v) is 4.20. The molecule has 0 atom stereocenters. The molecule has 1 aromatic heterocycles. The molecular formula is C20H16F4N4O2. The summed E-state index contributed by atoms with van der Waals surface area (Å²) in [6.45, 7) is -0.0801. The molecule has 1 amide bonds. The number of carbonyl (C=O) groups excluding carboxylic acids is 1. The number of aryl methyl sites for hydroxylation is 1. The van der Waals surface area contributed by atoms with Crippen LogP contribution < -0.4 is 10.9 Å². The molecule has 0 radical (unpaired) electrons. The Labute approximate surface area is 168 Å². The van der Waals surface area contributed by atoms with E-state index in [1.807, 2.05) is 0 Å². The molecule has 3 aromatic rings. The second-order valence-electron chi connectivity index (χ2n) is 6.43. The molecule has 0 bridgehead atoms. The number of nitrogens with zero attached hydrogens (tertiary/aromatic N) is 2. The molecule has 0 aliphatic rings. The number of amides is 1. The number of nitrogens with one attached hydrogen (secondary N) is 2. The number of benzene rings is 2. The summed E-state index contributed by atoms with van der Waals surface area (Å²) in [4.78, 5) is 26.6. The predicted molar refractivity (Wildman–Crippen MR) is 99.7 cm³/mol. The normalized spacial score (nSPS) is 11.3. The number of hydrogen-bond donors (Lipinski definition) is 2. The van der Waals surface area contributed by atoms with E-state index in [1.165, 1.54) is 30.3 Å². The predicted octanol–water partition coefficient (Wildman–Crippen LogP) is 3.24. The molecule has 156 valence electrons. The van der Waals surface area contributed by atoms with E-state index in [0.717, 1.165) is 12.1 Å². The van der Waals surface area contributed by atoms with E-state index in [-0.39, 0.29) is 30.9 Å². The molecule has 3 rings (SSSR count). The number of hydrogen-bond acceptors (Lipinski definition) is 4. The Morgan fingerprint density at radius 2 is 1.83 bits per heavy atom. The molecule has 0 aliphatic heterocycles. The number of alkyl halides is 3. The molecule has 30 heavy (non-hydrogen) atoms. The van der Waals surface area contributed by atoms with Crippen LogP contribution in [0.1, 0.15) is 23.2 Å². The Hall–Kier alpha value is -3.56. The highest BCUT2D eigenvalue weighted by Crippen LogP contribution is 2.29. The van der Waals surface area contributed by atoms with Gasteiger partial charge in [-0.1, -0.05) is 24.3 Å². The molecule has 0 unspecified atom stereocenters. The Morgan fingerprint density at radius 3 is 2.53 bits per heavy atom. The smallest absolute Gasteiger partial charge is 0.352 e. The first-order valence-corrected chi connectivity index (χ1v) is 8.87. The minimum Gasteiger partial charge on any atom is -0.352 e. The summed E-state index contributed by atoms with van der Waals surface area (Å²) in [6.07, 6.45) is -4.58. The fourth-order valence-electron chi connectivity index (χ4n) is 2.67. The summed E-state index contributed by atoms with van der Waals surface area (Å²) in [6, 6.07) is 10.1. The van der Waals surface area contributed by atoms with Crippen LogP contribution in [0.5, 0.6) is 0 Å². The molecule has 0 fully saturated rings. The van der Waals surface area contributed by atoms with Gasteiger partial charge in [-0.25, -0.2) is 4.39 Å². The minimum atomic E-state index is -4.46. The van der Waals surface area contributed by atoms with Crippen LogP contribution >= 0.6 is 0 Å². The van der Waals surface area contributed by atoms with Gasteiger partial charge in [-0.3, -0.25) is 9.59 Å². The summed E-state index contributed by atoms with van der Waals surface area (Å²) in [5.74, 6) is -0.850. The Bertz CT molecular complexity index is 1110. The summed E-state index contributed by atoms with van der Waals surface area (Å²) in [7, 11) is 0. The molecule has 10 heteroatoms. The molecule has 6 nitrogen and oxygen atoms in total. The van der Waals surface area contributed by atoms with Crippen LogP contribution in [0.15, 0.2) is 53.3 Å². The van der Waals surface area contributed by atoms with Crippen molar-refractivity contribution < 1.29 is 22.4 Å². The van der Waals surface area contributed by atoms with Gasteiger partial charge in [0.15, 0.2) is 5.82 Å². The lowest BCUT2D eigenvalue weighted by Gasteiger charge is -2.09. The monoisotopic (exact) mass is 420 g/mol. The molecule has 0 aliphatic carbocycles. The van der Waals surface area contributed by atoms with E-state index in [2.05, 4.69) is 20.5 Å². The van der Waals surface area contributed by atoms with Crippen LogP contribution in [0.25, 0.3) is 11.4 Å². The lowest BCUT2D eigenvalue weighted by Crippen LogP contribution is -2.25. The van der Waals surface area contributed by atoms with Crippen LogP contribution in [0.3, 0.4) is 0 Å². The van der Waals surface area contributed by atoms with Gasteiger partial charge < -0.3 is 10.3 Å². The number of rotatable bonds is 6. The van der Waals surface area contributed by atoms with Crippen molar-refractivity contribution in [3.05, 3.63) is 81.5 Å². The Kier molecular flexibility index (Phi) is 6.24. The maximum Gasteiger partial charge on any atom is 0.416 e. The average Bonchev–Trinajstić information content (AvgIpc) is 2.71. The first-order valence-electron chi connectivity index (χ1n) is 8.87. The molecule has 1 heterocycles. The van der Waals surface area contributed by atoms with E-state index in [1.54, 1.807) is 6.07 Å². The van der Waals surface area contributed by atoms with Crippen LogP contribution in [-0.2, 0) is 23.9 Å². The summed E-state index contributed by atoms with van der Waals surface area (Å²) >= 11 is 0. The number of aromatic amines is 1. The first kappa shape index (κ1) is 21.2. The van der Waals surface area contributed by atoms with Crippen molar-refractivity contribution in [2.75, 3.05) is 0 Å². The quantitative estimate of drug-likeness (QED) is 0.600. The maximum atomic E-state index is 13.3. The minimum absolute atomic E-state index is 0.0137. The second-order valence-corrected chi connectivity index (χ2v) is 6.43. The molecule has 0 spiro atoms. The van der Waals surface area contributed by atoms with Crippen molar-refractivity contribution >= 4 is 5.91 Å². The number of carbonyl (C=O) groups is 1. The zero-order chi connectivity index (χ0) is 21.7. The summed E-state index contributed by atoms with van der Waals surface area (Å²) < 4.78 is 51.4. The fraction of sp³-hybridized carbons (Fsp3) is 0.200. The zero-order valence-electron chi connectivity index (χ0n) is 15.5. The molecule has 0 saturated heterocycles. The topological polar surface area (TPSA) is 87.7 Å². The van der Waals surface area contributed by atoms with Gasteiger partial charge in [0.05, 0.1) is 5.56 Å². The van der Waals surface area contributed by atoms with Gasteiger partial charge in [0.25, 0.3) is 5.56 Å². The fourth-order valence-corrected chi connectivity index (χ4v) is 2.67. The highest BCUT2D eigenvalue weighted by molar-refractivity contribution is 5.76. The van der Waals surface area contributed by atoms with E-state index >= 15 is 0 Å². The van der Waals surface area contributed by atoms with Crippen molar-refractivity contribution in [1.29, 1.82) is 0 Å². The maximum absolute atomic E-state index is 13.3. The summed E-state index contributed by atoms with van der Waals surface area (Å²) in [5, 5.41) is 10.1. The lowest BCUT2D eigenvalue weighted by molar-refractivity contribution is -0.137. The van der Waals surface area contributed by atoms with Gasteiger partial charge in [-0.15, -0.1) is 10.2 Å². The highest BCUT2D eigenvalue weighted by atomic mass is 19.4. The lowest BCUT2D eigenvalue weighted by atomic mass is 10.1. The van der Waals surface area contributed by atoms with E-state index in [9.17, 15) is 27.2 Å². The first-order chi connectivity index (χ1) is 14.2. The van der Waals surface area contributed by atoms with Crippen molar-refractivity contribution in [2.24, 2.45) is 0 Å². The van der Waals surface area contributed by atoms with Gasteiger partial charge >= 0.3 is 6.18 Å². The van der Waals surface area contributed by atoms with E-state index in [4.69, 9.17) is 0 Å². The summed E-state index contributed by atoms with van der Waals surface area (Å²) in [5.41, 5.74) is -0.686. The number of aromatic nitrogens is 3. The van der Waals surface area contributed by atoms with Crippen LogP contribution in [0.2, 0.25) is 0 Å². The Balaban J connectivity index is 1.57. The van der Waals surface area contributed by atoms with Gasteiger partial charge in [0.2, 0.25) is 5.91 Å². The van der Waals surface area contributed by atoms with Gasteiger partial charge in [-0.05, 0) is 29.8 Å². The zero-order valence-corrected chi connectivity index (χ0v) is 15.5. The van der Waals surface area contributed by atoms with Crippen LogP contribution in [0, 0.1) is 5.82 Å². The highest BCUT2D eigenvalue weighted by Gasteiger charge is 2.30. The van der Waals surface area contributed by atoms with E-state index < -0.39 is 29.0 Å². The number of H-pyrrole nitrogens is 1. The average molecular weight is 420 g/mol. The van der Waals surface area contributed by atoms with Crippen molar-refractivity contribution in [2.45, 2.75) is 25.6 Å². The Morgan fingerprint density at radius 1 is 1.07 bits per heavy atom. The molecule has 2 aromatic carbocycles. The largest absolute Gasteiger partial charge is 0.416 e. The molecular weight excluding hydrogens is 404 g/mol. The third-order valence-electron chi connectivity index (χ3n) is 4.20. The SMILES string of the molecule is O=C(CCc1nnc(-c2cccc(F)c2)[nH]c1=O)NCc1cccc(C(F)(F)F)c1. The van der Waals surface area contributed by atoms with Crippen molar-refractivity contribution in [3.8, 4) is 11.4 Å². The second kappa shape index (κ2) is 8.85. The van der Waals surface area contributed by atoms with Gasteiger partial charge in [0.1, 0.15) is 11.5 Å². The van der Waals surface area contributed by atoms with E-state index in [0.29, 0.717) is 11.1 Å². The van der Waals surface area contributed by atoms with Crippen LogP contribution in [-0.4, -0.2) is 21.1 Å². The van der Waals surface area contributed by atoms with Crippen molar-refractivity contribution in [1.82, 2.24) is 20.5 Å². The molecule has 0 saturated carbocycles. The van der Waals surface area contributed by atoms with Gasteiger partial charge in [0, 0.05) is 24.9 Å².